The van der Waals surface area contributed by atoms with Crippen molar-refractivity contribution in [2.75, 3.05) is 4.72 Å². The molecule has 1 aromatic carbocycles. The zero-order valence-corrected chi connectivity index (χ0v) is 9.88. The first kappa shape index (κ1) is 12.6. The average molecular weight is 261 g/mol. The molecule has 1 atom stereocenters. The molecule has 0 heterocycles. The summed E-state index contributed by atoms with van der Waals surface area (Å²) in [6, 6.07) is 5.43. The minimum Gasteiger partial charge on any atom is -0.508 e. The van der Waals surface area contributed by atoms with Crippen molar-refractivity contribution >= 4 is 27.3 Å². The first-order valence-corrected chi connectivity index (χ1v) is 6.19. The maximum absolute atomic E-state index is 11.5. The van der Waals surface area contributed by atoms with Gasteiger partial charge in [-0.05, 0) is 19.1 Å². The van der Waals surface area contributed by atoms with Gasteiger partial charge in [0.05, 0.1) is 16.8 Å². The van der Waals surface area contributed by atoms with Gasteiger partial charge in [-0.3, -0.25) is 4.72 Å². The lowest BCUT2D eigenvalue weighted by atomic mass is 10.3. The van der Waals surface area contributed by atoms with Crippen LogP contribution in [0.2, 0.25) is 5.02 Å². The standard InChI is InChI=1S/C9H9ClN2O3S/c1-6(5-11)16(14,15)12-9-3-2-7(13)4-8(9)10/h2-4,6,12-13H,1H3. The molecule has 86 valence electrons. The van der Waals surface area contributed by atoms with Gasteiger partial charge in [0.15, 0.2) is 5.25 Å². The molecule has 0 radical (unpaired) electrons. The fourth-order valence-corrected chi connectivity index (χ4v) is 1.98. The summed E-state index contributed by atoms with van der Waals surface area (Å²) in [7, 11) is -3.78. The molecule has 0 aliphatic carbocycles. The number of aromatic hydroxyl groups is 1. The van der Waals surface area contributed by atoms with Crippen LogP contribution in [0, 0.1) is 11.3 Å². The van der Waals surface area contributed by atoms with E-state index in [0.717, 1.165) is 0 Å². The van der Waals surface area contributed by atoms with E-state index in [1.165, 1.54) is 25.1 Å². The van der Waals surface area contributed by atoms with Crippen molar-refractivity contribution in [3.63, 3.8) is 0 Å². The number of hydrogen-bond acceptors (Lipinski definition) is 4. The number of phenolic OH excluding ortho intramolecular Hbond substituents is 1. The number of sulfonamides is 1. The topological polar surface area (TPSA) is 90.2 Å². The highest BCUT2D eigenvalue weighted by molar-refractivity contribution is 7.93. The largest absolute Gasteiger partial charge is 0.508 e. The molecule has 0 aliphatic heterocycles. The molecule has 7 heteroatoms. The third-order valence-electron chi connectivity index (χ3n) is 1.85. The summed E-state index contributed by atoms with van der Waals surface area (Å²) >= 11 is 5.71. The van der Waals surface area contributed by atoms with Crippen LogP contribution in [0.3, 0.4) is 0 Å². The normalized spacial score (nSPS) is 12.8. The maximum atomic E-state index is 11.5. The minimum absolute atomic E-state index is 0.0636. The summed E-state index contributed by atoms with van der Waals surface area (Å²) in [6.07, 6.45) is 0. The molecule has 1 rings (SSSR count). The lowest BCUT2D eigenvalue weighted by Crippen LogP contribution is -2.23. The van der Waals surface area contributed by atoms with Crippen LogP contribution in [0.4, 0.5) is 5.69 Å². The summed E-state index contributed by atoms with van der Waals surface area (Å²) in [5.74, 6) is -0.0683. The second-order valence-electron chi connectivity index (χ2n) is 3.08. The van der Waals surface area contributed by atoms with E-state index >= 15 is 0 Å². The Morgan fingerprint density at radius 2 is 2.19 bits per heavy atom. The van der Waals surface area contributed by atoms with E-state index in [9.17, 15) is 8.42 Å². The Bertz CT molecular complexity index is 536. The second-order valence-corrected chi connectivity index (χ2v) is 5.49. The minimum atomic E-state index is -3.78. The highest BCUT2D eigenvalue weighted by Crippen LogP contribution is 2.27. The predicted octanol–water partition coefficient (Wildman–Crippen LogP) is 1.70. The Morgan fingerprint density at radius 3 is 2.69 bits per heavy atom. The Kier molecular flexibility index (Phi) is 3.62. The first-order valence-electron chi connectivity index (χ1n) is 4.26. The van der Waals surface area contributed by atoms with Gasteiger partial charge in [0, 0.05) is 6.07 Å². The average Bonchev–Trinajstić information content (AvgIpc) is 2.21. The molecule has 16 heavy (non-hydrogen) atoms. The van der Waals surface area contributed by atoms with Crippen LogP contribution in [0.5, 0.6) is 5.75 Å². The number of benzene rings is 1. The van der Waals surface area contributed by atoms with E-state index in [0.29, 0.717) is 0 Å². The number of nitrogens with one attached hydrogen (secondary N) is 1. The number of nitrogens with zero attached hydrogens (tertiary/aromatic N) is 1. The third-order valence-corrected chi connectivity index (χ3v) is 3.71. The van der Waals surface area contributed by atoms with Crippen molar-refractivity contribution in [1.29, 1.82) is 5.26 Å². The van der Waals surface area contributed by atoms with Gasteiger partial charge in [-0.25, -0.2) is 8.42 Å². The molecule has 2 N–H and O–H groups in total. The van der Waals surface area contributed by atoms with Crippen LogP contribution in [-0.2, 0) is 10.0 Å². The quantitative estimate of drug-likeness (QED) is 0.810. The van der Waals surface area contributed by atoms with Gasteiger partial charge in [-0.1, -0.05) is 11.6 Å². The Hall–Kier alpha value is -1.45. The van der Waals surface area contributed by atoms with Gasteiger partial charge < -0.3 is 5.11 Å². The summed E-state index contributed by atoms with van der Waals surface area (Å²) in [5, 5.41) is 16.5. The van der Waals surface area contributed by atoms with Crippen molar-refractivity contribution in [3.05, 3.63) is 23.2 Å². The van der Waals surface area contributed by atoms with Crippen LogP contribution >= 0.6 is 11.6 Å². The van der Waals surface area contributed by atoms with Crippen LogP contribution in [0.25, 0.3) is 0 Å². The smallest absolute Gasteiger partial charge is 0.248 e. The number of hydrogen-bond donors (Lipinski definition) is 2. The number of anilines is 1. The molecule has 0 aromatic heterocycles. The molecule has 0 saturated heterocycles. The van der Waals surface area contributed by atoms with Gasteiger partial charge in [0.2, 0.25) is 10.0 Å². The van der Waals surface area contributed by atoms with Crippen LogP contribution in [-0.4, -0.2) is 18.8 Å². The van der Waals surface area contributed by atoms with E-state index in [4.69, 9.17) is 22.0 Å². The van der Waals surface area contributed by atoms with Crippen molar-refractivity contribution < 1.29 is 13.5 Å². The Labute approximate surface area is 98.3 Å². The zero-order valence-electron chi connectivity index (χ0n) is 8.31. The van der Waals surface area contributed by atoms with Crippen molar-refractivity contribution in [1.82, 2.24) is 0 Å². The Morgan fingerprint density at radius 1 is 1.56 bits per heavy atom. The van der Waals surface area contributed by atoms with E-state index < -0.39 is 15.3 Å². The Balaban J connectivity index is 3.03. The van der Waals surface area contributed by atoms with Gasteiger partial charge >= 0.3 is 0 Å². The van der Waals surface area contributed by atoms with Crippen molar-refractivity contribution in [2.45, 2.75) is 12.2 Å². The lowest BCUT2D eigenvalue weighted by Gasteiger charge is -2.10. The highest BCUT2D eigenvalue weighted by Gasteiger charge is 2.20. The fraction of sp³-hybridized carbons (Fsp3) is 0.222. The van der Waals surface area contributed by atoms with Gasteiger partial charge in [-0.15, -0.1) is 0 Å². The number of rotatable bonds is 3. The first-order chi connectivity index (χ1) is 7.36. The monoisotopic (exact) mass is 260 g/mol. The highest BCUT2D eigenvalue weighted by atomic mass is 35.5. The molecule has 0 spiro atoms. The van der Waals surface area contributed by atoms with Crippen LogP contribution in [0.15, 0.2) is 18.2 Å². The predicted molar refractivity (Wildman–Crippen MR) is 60.7 cm³/mol. The van der Waals surface area contributed by atoms with Crippen molar-refractivity contribution in [2.24, 2.45) is 0 Å². The zero-order chi connectivity index (χ0) is 12.3. The molecule has 0 fully saturated rings. The molecular formula is C9H9ClN2O3S. The molecule has 1 unspecified atom stereocenters. The van der Waals surface area contributed by atoms with Gasteiger partial charge in [0.1, 0.15) is 5.75 Å². The fourth-order valence-electron chi connectivity index (χ4n) is 0.898. The third kappa shape index (κ3) is 2.78. The van der Waals surface area contributed by atoms with Gasteiger partial charge in [0.25, 0.3) is 0 Å². The molecule has 0 amide bonds. The molecule has 1 aromatic rings. The number of phenols is 1. The van der Waals surface area contributed by atoms with Crippen molar-refractivity contribution in [3.8, 4) is 11.8 Å². The summed E-state index contributed by atoms with van der Waals surface area (Å²) in [6.45, 7) is 1.26. The van der Waals surface area contributed by atoms with E-state index in [2.05, 4.69) is 4.72 Å². The van der Waals surface area contributed by atoms with E-state index in [-0.39, 0.29) is 16.5 Å². The van der Waals surface area contributed by atoms with E-state index in [1.807, 2.05) is 0 Å². The summed E-state index contributed by atoms with van der Waals surface area (Å²) < 4.78 is 25.2. The molecule has 5 nitrogen and oxygen atoms in total. The number of nitriles is 1. The second kappa shape index (κ2) is 4.60. The van der Waals surface area contributed by atoms with Crippen LogP contribution in [0.1, 0.15) is 6.92 Å². The van der Waals surface area contributed by atoms with Gasteiger partial charge in [-0.2, -0.15) is 5.26 Å². The molecule has 0 saturated carbocycles. The summed E-state index contributed by atoms with van der Waals surface area (Å²) in [4.78, 5) is 0. The van der Waals surface area contributed by atoms with E-state index in [1.54, 1.807) is 6.07 Å². The lowest BCUT2D eigenvalue weighted by molar-refractivity contribution is 0.475. The maximum Gasteiger partial charge on any atom is 0.248 e. The molecule has 0 bridgehead atoms. The summed E-state index contributed by atoms with van der Waals surface area (Å²) in [5.41, 5.74) is 0.126. The number of halogens is 1. The molecular weight excluding hydrogens is 252 g/mol. The van der Waals surface area contributed by atoms with Crippen LogP contribution < -0.4 is 4.72 Å². The SMILES string of the molecule is CC(C#N)S(=O)(=O)Nc1ccc(O)cc1Cl. The molecule has 0 aliphatic rings.